The minimum absolute atomic E-state index is 0. The molecule has 28 heavy (non-hydrogen) atoms. The molecule has 0 spiro atoms. The van der Waals surface area contributed by atoms with Crippen LogP contribution in [0, 0.1) is 6.92 Å². The van der Waals surface area contributed by atoms with E-state index in [9.17, 15) is 5.11 Å². The molecule has 0 aliphatic carbocycles. The van der Waals surface area contributed by atoms with E-state index in [1.165, 1.54) is 0 Å². The summed E-state index contributed by atoms with van der Waals surface area (Å²) in [5, 5.41) is 19.0. The largest absolute Gasteiger partial charge is 1.00 e. The Kier molecular flexibility index (Phi) is 7.74. The minimum Gasteiger partial charge on any atom is -1.00 e. The summed E-state index contributed by atoms with van der Waals surface area (Å²) in [6.45, 7) is 5.72. The second-order valence-electron chi connectivity index (χ2n) is 6.25. The van der Waals surface area contributed by atoms with Gasteiger partial charge in [-0.05, 0) is 66.2 Å². The fourth-order valence-electron chi connectivity index (χ4n) is 2.97. The Bertz CT molecular complexity index is 974. The highest BCUT2D eigenvalue weighted by Crippen LogP contribution is 2.31. The first-order chi connectivity index (χ1) is 13.1. The number of likely N-dealkylation sites (N-methyl/N-ethyl adjacent to an activating group) is 1. The molecule has 6 nitrogen and oxygen atoms in total. The van der Waals surface area contributed by atoms with Crippen molar-refractivity contribution >= 4 is 38.1 Å². The fraction of sp³-hybridized carbons (Fsp3) is 0.350. The molecule has 0 atom stereocenters. The number of thiazole rings is 1. The number of aromatic nitrogens is 1. The number of azo groups is 1. The standard InChI is InChI=1S/C20H25N4O2S.ClH/c1-5-24(10-11-25)15-6-8-17(14(2)12-15)21-22-20-23(3)18-9-7-16(26-4)13-19(18)27-20;/h6-9,12-13,25H,5,10-11H2,1-4H3;1H/q+1;/p-1. The molecule has 0 amide bonds. The molecule has 1 heterocycles. The van der Waals surface area contributed by atoms with E-state index in [1.54, 1.807) is 18.4 Å². The zero-order chi connectivity index (χ0) is 19.4. The van der Waals surface area contributed by atoms with Gasteiger partial charge in [-0.3, -0.25) is 0 Å². The van der Waals surface area contributed by atoms with Crippen LogP contribution in [0.2, 0.25) is 0 Å². The van der Waals surface area contributed by atoms with Gasteiger partial charge in [0.2, 0.25) is 0 Å². The van der Waals surface area contributed by atoms with Crippen molar-refractivity contribution < 1.29 is 26.8 Å². The molecular weight excluding hydrogens is 396 g/mol. The zero-order valence-corrected chi connectivity index (χ0v) is 18.1. The summed E-state index contributed by atoms with van der Waals surface area (Å²) >= 11 is 1.58. The number of nitrogens with zero attached hydrogens (tertiary/aromatic N) is 4. The summed E-state index contributed by atoms with van der Waals surface area (Å²) in [6.07, 6.45) is 0. The third-order valence-corrected chi connectivity index (χ3v) is 5.64. The number of methoxy groups -OCH3 is 1. The highest BCUT2D eigenvalue weighted by molar-refractivity contribution is 7.21. The third-order valence-electron chi connectivity index (χ3n) is 4.56. The van der Waals surface area contributed by atoms with Crippen LogP contribution in [0.4, 0.5) is 16.5 Å². The van der Waals surface area contributed by atoms with Crippen LogP contribution >= 0.6 is 11.3 Å². The van der Waals surface area contributed by atoms with E-state index in [4.69, 9.17) is 4.74 Å². The Morgan fingerprint density at radius 1 is 1.18 bits per heavy atom. The van der Waals surface area contributed by atoms with Crippen molar-refractivity contribution in [1.82, 2.24) is 0 Å². The van der Waals surface area contributed by atoms with Gasteiger partial charge in [-0.25, -0.2) is 4.57 Å². The molecule has 0 aliphatic rings. The number of benzene rings is 2. The van der Waals surface area contributed by atoms with Gasteiger partial charge in [-0.1, -0.05) is 0 Å². The lowest BCUT2D eigenvalue weighted by atomic mass is 10.1. The van der Waals surface area contributed by atoms with Gasteiger partial charge in [0.05, 0.1) is 30.6 Å². The van der Waals surface area contributed by atoms with Crippen LogP contribution in [0.25, 0.3) is 10.2 Å². The Morgan fingerprint density at radius 3 is 2.61 bits per heavy atom. The maximum Gasteiger partial charge on any atom is 0.409 e. The molecule has 0 saturated heterocycles. The van der Waals surface area contributed by atoms with Gasteiger partial charge in [0, 0.05) is 24.8 Å². The van der Waals surface area contributed by atoms with E-state index in [0.717, 1.165) is 44.6 Å². The van der Waals surface area contributed by atoms with Gasteiger partial charge >= 0.3 is 5.13 Å². The van der Waals surface area contributed by atoms with Gasteiger partial charge in [-0.15, -0.1) is 0 Å². The van der Waals surface area contributed by atoms with E-state index >= 15 is 0 Å². The smallest absolute Gasteiger partial charge is 0.409 e. The number of hydrogen-bond acceptors (Lipinski definition) is 6. The van der Waals surface area contributed by atoms with Crippen LogP contribution in [-0.2, 0) is 7.05 Å². The summed E-state index contributed by atoms with van der Waals surface area (Å²) in [4.78, 5) is 2.13. The molecule has 0 aliphatic heterocycles. The Morgan fingerprint density at radius 2 is 1.96 bits per heavy atom. The molecule has 8 heteroatoms. The van der Waals surface area contributed by atoms with E-state index in [1.807, 2.05) is 48.9 Å². The Labute approximate surface area is 175 Å². The number of ether oxygens (including phenoxy) is 1. The number of anilines is 1. The molecule has 150 valence electrons. The Hall–Kier alpha value is -2.22. The van der Waals surface area contributed by atoms with E-state index in [-0.39, 0.29) is 19.0 Å². The molecule has 0 fully saturated rings. The number of halogens is 1. The van der Waals surface area contributed by atoms with Crippen molar-refractivity contribution in [2.45, 2.75) is 13.8 Å². The van der Waals surface area contributed by atoms with Crippen LogP contribution in [-0.4, -0.2) is 31.9 Å². The minimum atomic E-state index is 0. The Balaban J connectivity index is 0.00000280. The molecule has 2 aromatic carbocycles. The molecule has 3 aromatic rings. The van der Waals surface area contributed by atoms with Crippen molar-refractivity contribution in [2.75, 3.05) is 31.7 Å². The number of fused-ring (bicyclic) bond motifs is 1. The topological polar surface area (TPSA) is 61.3 Å². The average molecular weight is 421 g/mol. The molecule has 0 bridgehead atoms. The van der Waals surface area contributed by atoms with E-state index in [2.05, 4.69) is 28.1 Å². The second-order valence-corrected chi connectivity index (χ2v) is 7.26. The molecule has 1 aromatic heterocycles. The lowest BCUT2D eigenvalue weighted by molar-refractivity contribution is -0.627. The summed E-state index contributed by atoms with van der Waals surface area (Å²) in [5.41, 5.74) is 4.08. The first kappa shape index (κ1) is 22.1. The highest BCUT2D eigenvalue weighted by atomic mass is 35.5. The van der Waals surface area contributed by atoms with E-state index in [0.29, 0.717) is 6.54 Å². The van der Waals surface area contributed by atoms with Crippen molar-refractivity contribution in [1.29, 1.82) is 0 Å². The average Bonchev–Trinajstić information content (AvgIpc) is 3.00. The number of hydrogen-bond donors (Lipinski definition) is 1. The monoisotopic (exact) mass is 420 g/mol. The fourth-order valence-corrected chi connectivity index (χ4v) is 3.97. The summed E-state index contributed by atoms with van der Waals surface area (Å²) in [7, 11) is 3.66. The lowest BCUT2D eigenvalue weighted by Gasteiger charge is -2.22. The molecule has 0 saturated carbocycles. The van der Waals surface area contributed by atoms with Crippen molar-refractivity contribution in [3.8, 4) is 5.75 Å². The second kappa shape index (κ2) is 9.82. The maximum atomic E-state index is 9.20. The zero-order valence-electron chi connectivity index (χ0n) is 16.5. The van der Waals surface area contributed by atoms with Gasteiger partial charge in [0.1, 0.15) is 17.0 Å². The number of rotatable bonds is 7. The number of aryl methyl sites for hydroxylation is 2. The molecule has 1 N–H and O–H groups in total. The van der Waals surface area contributed by atoms with Crippen LogP contribution < -0.4 is 26.6 Å². The third kappa shape index (κ3) is 4.60. The van der Waals surface area contributed by atoms with Crippen molar-refractivity contribution in [2.24, 2.45) is 17.3 Å². The lowest BCUT2D eigenvalue weighted by Crippen LogP contribution is -3.00. The molecule has 0 radical (unpaired) electrons. The predicted molar refractivity (Wildman–Crippen MR) is 110 cm³/mol. The van der Waals surface area contributed by atoms with Gasteiger partial charge in [-0.2, -0.15) is 0 Å². The van der Waals surface area contributed by atoms with Gasteiger partial charge in [0.15, 0.2) is 0 Å². The molecule has 3 rings (SSSR count). The maximum absolute atomic E-state index is 9.20. The van der Waals surface area contributed by atoms with Crippen LogP contribution in [0.1, 0.15) is 12.5 Å². The summed E-state index contributed by atoms with van der Waals surface area (Å²) in [6, 6.07) is 12.1. The summed E-state index contributed by atoms with van der Waals surface area (Å²) < 4.78 is 8.44. The normalized spacial score (nSPS) is 11.0. The molecule has 0 unspecified atom stereocenters. The van der Waals surface area contributed by atoms with Crippen LogP contribution in [0.3, 0.4) is 0 Å². The SMILES string of the molecule is CCN(CCO)c1ccc(N=Nc2sc3cc(OC)ccc3[n+]2C)c(C)c1.[Cl-]. The van der Waals surface area contributed by atoms with Gasteiger partial charge < -0.3 is 27.2 Å². The quantitative estimate of drug-likeness (QED) is 0.462. The van der Waals surface area contributed by atoms with E-state index < -0.39 is 0 Å². The summed E-state index contributed by atoms with van der Waals surface area (Å²) in [5.74, 6) is 0.836. The van der Waals surface area contributed by atoms with Crippen LogP contribution in [0.15, 0.2) is 46.6 Å². The first-order valence-corrected chi connectivity index (χ1v) is 9.73. The van der Waals surface area contributed by atoms with Crippen molar-refractivity contribution in [3.05, 3.63) is 42.0 Å². The highest BCUT2D eigenvalue weighted by Gasteiger charge is 2.17. The number of aliphatic hydroxyl groups excluding tert-OH is 1. The molecular formula is C20H25ClN4O2S. The van der Waals surface area contributed by atoms with Gasteiger partial charge in [0.25, 0.3) is 0 Å². The predicted octanol–water partition coefficient (Wildman–Crippen LogP) is 1.28. The van der Waals surface area contributed by atoms with Crippen LogP contribution in [0.5, 0.6) is 5.75 Å². The first-order valence-electron chi connectivity index (χ1n) is 8.92. The number of aliphatic hydroxyl groups is 1. The van der Waals surface area contributed by atoms with Crippen molar-refractivity contribution in [3.63, 3.8) is 0 Å².